The third-order valence-electron chi connectivity index (χ3n) is 2.30. The molecule has 0 heterocycles. The van der Waals surface area contributed by atoms with Crippen molar-refractivity contribution >= 4 is 34.8 Å². The molecule has 0 unspecified atom stereocenters. The van der Waals surface area contributed by atoms with Crippen LogP contribution < -0.4 is 10.5 Å². The van der Waals surface area contributed by atoms with Gasteiger partial charge in [0, 0.05) is 26.2 Å². The molecular weight excluding hydrogens is 275 g/mol. The lowest BCUT2D eigenvalue weighted by molar-refractivity contribution is -0.128. The highest BCUT2D eigenvalue weighted by atomic mass is 35.5. The SMILES string of the molecule is CN(C)C(=O)CCCOc1c(Cl)cc(N)cc1Cl. The van der Waals surface area contributed by atoms with Gasteiger partial charge in [-0.05, 0) is 18.6 Å². The lowest BCUT2D eigenvalue weighted by atomic mass is 10.3. The van der Waals surface area contributed by atoms with Crippen molar-refractivity contribution in [2.24, 2.45) is 0 Å². The Bertz CT molecular complexity index is 413. The summed E-state index contributed by atoms with van der Waals surface area (Å²) in [5, 5.41) is 0.748. The van der Waals surface area contributed by atoms with E-state index >= 15 is 0 Å². The van der Waals surface area contributed by atoms with Crippen LogP contribution in [-0.4, -0.2) is 31.5 Å². The number of nitrogen functional groups attached to an aromatic ring is 1. The van der Waals surface area contributed by atoms with E-state index in [0.717, 1.165) is 0 Å². The summed E-state index contributed by atoms with van der Waals surface area (Å²) in [6, 6.07) is 3.15. The molecule has 1 rings (SSSR count). The van der Waals surface area contributed by atoms with Crippen LogP contribution in [0.1, 0.15) is 12.8 Å². The van der Waals surface area contributed by atoms with Crippen LogP contribution in [0, 0.1) is 0 Å². The zero-order valence-electron chi connectivity index (χ0n) is 10.4. The van der Waals surface area contributed by atoms with E-state index in [1.54, 1.807) is 31.1 Å². The molecule has 4 nitrogen and oxygen atoms in total. The van der Waals surface area contributed by atoms with E-state index in [0.29, 0.717) is 40.9 Å². The second kappa shape index (κ2) is 6.71. The Morgan fingerprint density at radius 1 is 1.33 bits per heavy atom. The molecule has 2 N–H and O–H groups in total. The van der Waals surface area contributed by atoms with Gasteiger partial charge in [-0.3, -0.25) is 4.79 Å². The molecule has 0 aromatic heterocycles. The Morgan fingerprint density at radius 2 is 1.89 bits per heavy atom. The van der Waals surface area contributed by atoms with E-state index in [1.165, 1.54) is 0 Å². The third-order valence-corrected chi connectivity index (χ3v) is 2.86. The van der Waals surface area contributed by atoms with Crippen LogP contribution in [0.2, 0.25) is 10.0 Å². The van der Waals surface area contributed by atoms with Crippen molar-refractivity contribution in [3.8, 4) is 5.75 Å². The van der Waals surface area contributed by atoms with Gasteiger partial charge in [-0.25, -0.2) is 0 Å². The number of carbonyl (C=O) groups is 1. The van der Waals surface area contributed by atoms with Crippen molar-refractivity contribution in [1.29, 1.82) is 0 Å². The number of benzene rings is 1. The van der Waals surface area contributed by atoms with Crippen molar-refractivity contribution < 1.29 is 9.53 Å². The first kappa shape index (κ1) is 14.9. The summed E-state index contributed by atoms with van der Waals surface area (Å²) in [6.45, 7) is 0.378. The summed E-state index contributed by atoms with van der Waals surface area (Å²) in [5.74, 6) is 0.470. The van der Waals surface area contributed by atoms with Crippen LogP contribution in [0.25, 0.3) is 0 Å². The smallest absolute Gasteiger partial charge is 0.222 e. The molecule has 0 aliphatic rings. The lowest BCUT2D eigenvalue weighted by Gasteiger charge is -2.12. The zero-order valence-corrected chi connectivity index (χ0v) is 11.9. The summed E-state index contributed by atoms with van der Waals surface area (Å²) < 4.78 is 5.46. The Balaban J connectivity index is 2.47. The Labute approximate surface area is 117 Å². The van der Waals surface area contributed by atoms with E-state index in [1.807, 2.05) is 0 Å². The van der Waals surface area contributed by atoms with Crippen molar-refractivity contribution in [3.63, 3.8) is 0 Å². The highest BCUT2D eigenvalue weighted by Crippen LogP contribution is 2.35. The second-order valence-electron chi connectivity index (χ2n) is 4.05. The number of carbonyl (C=O) groups excluding carboxylic acids is 1. The summed E-state index contributed by atoms with van der Waals surface area (Å²) >= 11 is 11.9. The fraction of sp³-hybridized carbons (Fsp3) is 0.417. The predicted molar refractivity (Wildman–Crippen MR) is 74.3 cm³/mol. The van der Waals surface area contributed by atoms with Crippen molar-refractivity contribution in [3.05, 3.63) is 22.2 Å². The van der Waals surface area contributed by atoms with Gasteiger partial charge in [-0.15, -0.1) is 0 Å². The van der Waals surface area contributed by atoms with Gasteiger partial charge in [-0.1, -0.05) is 23.2 Å². The molecule has 0 fully saturated rings. The van der Waals surface area contributed by atoms with Crippen molar-refractivity contribution in [2.45, 2.75) is 12.8 Å². The van der Waals surface area contributed by atoms with Crippen LogP contribution in [0.5, 0.6) is 5.75 Å². The largest absolute Gasteiger partial charge is 0.490 e. The molecule has 1 aromatic carbocycles. The predicted octanol–water partition coefficient (Wildman–Crippen LogP) is 2.82. The highest BCUT2D eigenvalue weighted by Gasteiger charge is 2.09. The molecule has 0 aliphatic carbocycles. The van der Waals surface area contributed by atoms with E-state index in [9.17, 15) is 4.79 Å². The molecule has 0 radical (unpaired) electrons. The van der Waals surface area contributed by atoms with Gasteiger partial charge in [0.2, 0.25) is 5.91 Å². The average Bonchev–Trinajstić information content (AvgIpc) is 2.26. The maximum Gasteiger partial charge on any atom is 0.222 e. The Kier molecular flexibility index (Phi) is 5.56. The summed E-state index contributed by atoms with van der Waals surface area (Å²) in [6.07, 6.45) is 1.03. The summed E-state index contributed by atoms with van der Waals surface area (Å²) in [4.78, 5) is 12.9. The average molecular weight is 291 g/mol. The second-order valence-corrected chi connectivity index (χ2v) is 4.87. The number of nitrogens with two attached hydrogens (primary N) is 1. The van der Waals surface area contributed by atoms with Gasteiger partial charge < -0.3 is 15.4 Å². The standard InChI is InChI=1S/C12H16Cl2N2O2/c1-16(2)11(17)4-3-5-18-12-9(13)6-8(15)7-10(12)14/h6-7H,3-5,15H2,1-2H3. The monoisotopic (exact) mass is 290 g/mol. The van der Waals surface area contributed by atoms with Crippen LogP contribution in [-0.2, 0) is 4.79 Å². The molecular formula is C12H16Cl2N2O2. The van der Waals surface area contributed by atoms with E-state index in [-0.39, 0.29) is 5.91 Å². The molecule has 0 atom stereocenters. The fourth-order valence-corrected chi connectivity index (χ4v) is 1.95. The molecule has 0 spiro atoms. The number of amides is 1. The number of ether oxygens (including phenoxy) is 1. The van der Waals surface area contributed by atoms with Gasteiger partial charge >= 0.3 is 0 Å². The Hall–Kier alpha value is -1.13. The number of halogens is 2. The first-order valence-electron chi connectivity index (χ1n) is 5.49. The first-order valence-corrected chi connectivity index (χ1v) is 6.25. The molecule has 6 heteroatoms. The van der Waals surface area contributed by atoms with Crippen molar-refractivity contribution in [2.75, 3.05) is 26.4 Å². The van der Waals surface area contributed by atoms with Gasteiger partial charge in [-0.2, -0.15) is 0 Å². The normalized spacial score (nSPS) is 10.2. The van der Waals surface area contributed by atoms with Gasteiger partial charge in [0.15, 0.2) is 5.75 Å². The fourth-order valence-electron chi connectivity index (χ4n) is 1.34. The van der Waals surface area contributed by atoms with Crippen LogP contribution in [0.3, 0.4) is 0 Å². The maximum atomic E-state index is 11.3. The van der Waals surface area contributed by atoms with Gasteiger partial charge in [0.1, 0.15) is 0 Å². The molecule has 100 valence electrons. The third kappa shape index (κ3) is 4.27. The molecule has 18 heavy (non-hydrogen) atoms. The van der Waals surface area contributed by atoms with Crippen LogP contribution in [0.15, 0.2) is 12.1 Å². The lowest BCUT2D eigenvalue weighted by Crippen LogP contribution is -2.21. The molecule has 0 saturated carbocycles. The molecule has 0 bridgehead atoms. The Morgan fingerprint density at radius 3 is 2.39 bits per heavy atom. The molecule has 1 aromatic rings. The molecule has 1 amide bonds. The van der Waals surface area contributed by atoms with Crippen LogP contribution >= 0.6 is 23.2 Å². The summed E-state index contributed by atoms with van der Waals surface area (Å²) in [7, 11) is 3.44. The zero-order chi connectivity index (χ0) is 13.7. The minimum Gasteiger partial charge on any atom is -0.490 e. The van der Waals surface area contributed by atoms with Crippen molar-refractivity contribution in [1.82, 2.24) is 4.90 Å². The molecule has 0 aliphatic heterocycles. The van der Waals surface area contributed by atoms with E-state index in [2.05, 4.69) is 0 Å². The number of rotatable bonds is 5. The molecule has 0 saturated heterocycles. The van der Waals surface area contributed by atoms with E-state index in [4.69, 9.17) is 33.7 Å². The number of anilines is 1. The topological polar surface area (TPSA) is 55.6 Å². The minimum absolute atomic E-state index is 0.0631. The van der Waals surface area contributed by atoms with Crippen LogP contribution in [0.4, 0.5) is 5.69 Å². The number of nitrogens with zero attached hydrogens (tertiary/aromatic N) is 1. The van der Waals surface area contributed by atoms with Gasteiger partial charge in [0.25, 0.3) is 0 Å². The van der Waals surface area contributed by atoms with Gasteiger partial charge in [0.05, 0.1) is 16.7 Å². The highest BCUT2D eigenvalue weighted by molar-refractivity contribution is 6.37. The number of hydrogen-bond acceptors (Lipinski definition) is 3. The maximum absolute atomic E-state index is 11.3. The quantitative estimate of drug-likeness (QED) is 0.670. The van der Waals surface area contributed by atoms with E-state index < -0.39 is 0 Å². The minimum atomic E-state index is 0.0631. The first-order chi connectivity index (χ1) is 8.41. The number of hydrogen-bond donors (Lipinski definition) is 1. The summed E-state index contributed by atoms with van der Waals surface area (Å²) in [5.41, 5.74) is 6.07.